The lowest BCUT2D eigenvalue weighted by atomic mass is 9.87. The van der Waals surface area contributed by atoms with Gasteiger partial charge in [-0.25, -0.2) is 4.39 Å². The molecule has 1 aromatic heterocycles. The molecule has 34 heavy (non-hydrogen) atoms. The van der Waals surface area contributed by atoms with E-state index >= 15 is 0 Å². The van der Waals surface area contributed by atoms with E-state index in [1.165, 1.54) is 0 Å². The number of carbonyl (C=O) groups excluding carboxylic acids is 4. The highest BCUT2D eigenvalue weighted by Crippen LogP contribution is 2.26. The number of Topliss-reactive ketones (excluding diaryl/α,β-unsaturated/α-hetero) is 1. The highest BCUT2D eigenvalue weighted by Gasteiger charge is 2.29. The van der Waals surface area contributed by atoms with E-state index in [4.69, 9.17) is 0 Å². The number of alkyl halides is 1. The molecule has 1 atom stereocenters. The Labute approximate surface area is 197 Å². The molecule has 3 rings (SSSR count). The summed E-state index contributed by atoms with van der Waals surface area (Å²) in [4.78, 5) is 54.2. The van der Waals surface area contributed by atoms with Gasteiger partial charge in [-0.3, -0.25) is 24.2 Å². The molecule has 1 saturated carbocycles. The van der Waals surface area contributed by atoms with Crippen LogP contribution < -0.4 is 16.0 Å². The van der Waals surface area contributed by atoms with Gasteiger partial charge in [0, 0.05) is 18.5 Å². The molecular weight excluding hydrogens is 439 g/mol. The van der Waals surface area contributed by atoms with Crippen molar-refractivity contribution in [1.82, 2.24) is 20.9 Å². The molecule has 3 N–H and O–H groups in total. The first-order valence-corrected chi connectivity index (χ1v) is 11.4. The summed E-state index contributed by atoms with van der Waals surface area (Å²) >= 11 is 0. The number of hydrogen-bond acceptors (Lipinski definition) is 5. The van der Waals surface area contributed by atoms with Crippen LogP contribution in [0.25, 0.3) is 0 Å². The molecule has 1 fully saturated rings. The van der Waals surface area contributed by atoms with Gasteiger partial charge < -0.3 is 16.0 Å². The lowest BCUT2D eigenvalue weighted by molar-refractivity contribution is -0.140. The van der Waals surface area contributed by atoms with Crippen molar-refractivity contribution < 1.29 is 23.6 Å². The van der Waals surface area contributed by atoms with Gasteiger partial charge >= 0.3 is 0 Å². The number of halogens is 1. The molecule has 2 aromatic rings. The Kier molecular flexibility index (Phi) is 9.25. The average molecular weight is 469 g/mol. The normalized spacial score (nSPS) is 18.4. The summed E-state index contributed by atoms with van der Waals surface area (Å²) in [5.41, 5.74) is 1.36. The van der Waals surface area contributed by atoms with Gasteiger partial charge in [-0.1, -0.05) is 36.4 Å². The van der Waals surface area contributed by atoms with Gasteiger partial charge in [0.25, 0.3) is 5.91 Å². The molecule has 0 radical (unpaired) electrons. The van der Waals surface area contributed by atoms with Crippen molar-refractivity contribution in [2.24, 2.45) is 5.92 Å². The van der Waals surface area contributed by atoms with Crippen molar-refractivity contribution in [3.8, 4) is 0 Å². The van der Waals surface area contributed by atoms with Crippen molar-refractivity contribution in [1.29, 1.82) is 0 Å². The molecule has 0 spiro atoms. The Morgan fingerprint density at radius 3 is 2.32 bits per heavy atom. The van der Waals surface area contributed by atoms with Crippen LogP contribution in [-0.2, 0) is 32.1 Å². The molecule has 0 saturated heterocycles. The van der Waals surface area contributed by atoms with Crippen LogP contribution in [0.4, 0.5) is 4.39 Å². The maximum Gasteiger partial charge on any atom is 0.289 e. The summed E-state index contributed by atoms with van der Waals surface area (Å²) in [5.74, 6) is -2.83. The molecule has 3 amide bonds. The quantitative estimate of drug-likeness (QED) is 0.459. The van der Waals surface area contributed by atoms with Crippen LogP contribution in [-0.4, -0.2) is 47.2 Å². The van der Waals surface area contributed by atoms with Crippen LogP contribution in [0.15, 0.2) is 54.7 Å². The van der Waals surface area contributed by atoms with E-state index < -0.39 is 29.8 Å². The third kappa shape index (κ3) is 7.75. The number of hydrogen-bond donors (Lipinski definition) is 3. The van der Waals surface area contributed by atoms with E-state index in [0.29, 0.717) is 31.4 Å². The minimum atomic E-state index is -1.10. The number of ketones is 1. The van der Waals surface area contributed by atoms with Crippen LogP contribution in [0, 0.1) is 5.92 Å². The minimum Gasteiger partial charge on any atom is -0.347 e. The summed E-state index contributed by atoms with van der Waals surface area (Å²) in [5, 5.41) is 7.66. The van der Waals surface area contributed by atoms with E-state index in [1.807, 2.05) is 6.07 Å². The fourth-order valence-corrected chi connectivity index (χ4v) is 3.85. The summed E-state index contributed by atoms with van der Waals surface area (Å²) in [7, 11) is 0. The van der Waals surface area contributed by atoms with Crippen LogP contribution in [0.1, 0.15) is 36.9 Å². The average Bonchev–Trinajstić information content (AvgIpc) is 2.86. The minimum absolute atomic E-state index is 0.0780. The number of carbonyl (C=O) groups is 4. The number of aromatic nitrogens is 1. The van der Waals surface area contributed by atoms with Gasteiger partial charge in [-0.05, 0) is 43.4 Å². The Morgan fingerprint density at radius 2 is 1.65 bits per heavy atom. The molecule has 1 aliphatic carbocycles. The van der Waals surface area contributed by atoms with Crippen molar-refractivity contribution in [3.63, 3.8) is 0 Å². The van der Waals surface area contributed by atoms with E-state index in [9.17, 15) is 23.6 Å². The predicted octanol–water partition coefficient (Wildman–Crippen LogP) is 1.64. The number of pyridine rings is 1. The lowest BCUT2D eigenvalue weighted by Crippen LogP contribution is -2.51. The SMILES string of the molecule is O=C(CNC(=O)C1CCC(F)CC1)N[C@H](Cc1ccccc1)C(=O)C(=O)NCc1ccccn1. The van der Waals surface area contributed by atoms with Gasteiger partial charge in [-0.2, -0.15) is 0 Å². The van der Waals surface area contributed by atoms with E-state index in [0.717, 1.165) is 5.56 Å². The zero-order valence-corrected chi connectivity index (χ0v) is 18.8. The van der Waals surface area contributed by atoms with Gasteiger partial charge in [-0.15, -0.1) is 0 Å². The molecular formula is C25H29FN4O4. The molecule has 0 unspecified atom stereocenters. The highest BCUT2D eigenvalue weighted by molar-refractivity contribution is 6.38. The number of nitrogens with zero attached hydrogens (tertiary/aromatic N) is 1. The van der Waals surface area contributed by atoms with E-state index in [1.54, 1.807) is 48.7 Å². The zero-order chi connectivity index (χ0) is 24.3. The second-order valence-electron chi connectivity index (χ2n) is 8.34. The maximum atomic E-state index is 13.3. The summed E-state index contributed by atoms with van der Waals surface area (Å²) in [6.07, 6.45) is 2.40. The largest absolute Gasteiger partial charge is 0.347 e. The Bertz CT molecular complexity index is 979. The summed E-state index contributed by atoms with van der Waals surface area (Å²) in [6.45, 7) is -0.253. The molecule has 1 aliphatic rings. The molecule has 180 valence electrons. The molecule has 8 nitrogen and oxygen atoms in total. The Balaban J connectivity index is 1.57. The lowest BCUT2D eigenvalue weighted by Gasteiger charge is -2.23. The van der Waals surface area contributed by atoms with Crippen LogP contribution >= 0.6 is 0 Å². The molecule has 0 aliphatic heterocycles. The monoisotopic (exact) mass is 468 g/mol. The van der Waals surface area contributed by atoms with Crippen LogP contribution in [0.2, 0.25) is 0 Å². The molecule has 1 heterocycles. The van der Waals surface area contributed by atoms with Crippen LogP contribution in [0.5, 0.6) is 0 Å². The van der Waals surface area contributed by atoms with Gasteiger partial charge in [0.15, 0.2) is 0 Å². The predicted molar refractivity (Wildman–Crippen MR) is 123 cm³/mol. The van der Waals surface area contributed by atoms with E-state index in [-0.39, 0.29) is 31.3 Å². The fraction of sp³-hybridized carbons (Fsp3) is 0.400. The third-order valence-electron chi connectivity index (χ3n) is 5.77. The molecule has 9 heteroatoms. The van der Waals surface area contributed by atoms with Crippen molar-refractivity contribution in [2.75, 3.05) is 6.54 Å². The van der Waals surface area contributed by atoms with Gasteiger partial charge in [0.2, 0.25) is 17.6 Å². The molecule has 1 aromatic carbocycles. The number of benzene rings is 1. The van der Waals surface area contributed by atoms with Crippen molar-refractivity contribution >= 4 is 23.5 Å². The maximum absolute atomic E-state index is 13.3. The second kappa shape index (κ2) is 12.6. The standard InChI is InChI=1S/C25H29FN4O4/c26-19-11-9-18(10-12-19)24(33)29-16-22(31)30-21(14-17-6-2-1-3-7-17)23(32)25(34)28-15-20-8-4-5-13-27-20/h1-8,13,18-19,21H,9-12,14-16H2,(H,28,34)(H,29,33)(H,30,31)/t18?,19?,21-/m1/s1. The third-order valence-corrected chi connectivity index (χ3v) is 5.77. The summed E-state index contributed by atoms with van der Waals surface area (Å²) < 4.78 is 13.3. The zero-order valence-electron chi connectivity index (χ0n) is 18.8. The van der Waals surface area contributed by atoms with Gasteiger partial charge in [0.05, 0.1) is 18.8 Å². The number of amides is 3. The smallest absolute Gasteiger partial charge is 0.289 e. The fourth-order valence-electron chi connectivity index (χ4n) is 3.85. The molecule has 0 bridgehead atoms. The van der Waals surface area contributed by atoms with Crippen LogP contribution in [0.3, 0.4) is 0 Å². The van der Waals surface area contributed by atoms with Crippen molar-refractivity contribution in [2.45, 2.75) is 50.9 Å². The van der Waals surface area contributed by atoms with Crippen molar-refractivity contribution in [3.05, 3.63) is 66.0 Å². The number of rotatable bonds is 10. The first kappa shape index (κ1) is 25.0. The Hall–Kier alpha value is -3.62. The second-order valence-corrected chi connectivity index (χ2v) is 8.34. The number of nitrogens with one attached hydrogen (secondary N) is 3. The first-order valence-electron chi connectivity index (χ1n) is 11.4. The topological polar surface area (TPSA) is 117 Å². The summed E-state index contributed by atoms with van der Waals surface area (Å²) in [6, 6.07) is 13.1. The Morgan fingerprint density at radius 1 is 0.941 bits per heavy atom. The van der Waals surface area contributed by atoms with Gasteiger partial charge in [0.1, 0.15) is 12.2 Å². The highest BCUT2D eigenvalue weighted by atomic mass is 19.1. The van der Waals surface area contributed by atoms with E-state index in [2.05, 4.69) is 20.9 Å². The first-order chi connectivity index (χ1) is 16.4.